The summed E-state index contributed by atoms with van der Waals surface area (Å²) >= 11 is 3.48. The van der Waals surface area contributed by atoms with Crippen molar-refractivity contribution in [3.63, 3.8) is 0 Å². The molecule has 0 amide bonds. The van der Waals surface area contributed by atoms with Crippen molar-refractivity contribution < 1.29 is 9.13 Å². The van der Waals surface area contributed by atoms with Crippen molar-refractivity contribution in [2.45, 2.75) is 25.3 Å². The van der Waals surface area contributed by atoms with E-state index in [2.05, 4.69) is 15.9 Å². The smallest absolute Gasteiger partial charge is 0.133 e. The molecule has 2 nitrogen and oxygen atoms in total. The molecule has 0 saturated carbocycles. The summed E-state index contributed by atoms with van der Waals surface area (Å²) in [5.41, 5.74) is 7.96. The molecule has 0 aromatic heterocycles. The highest BCUT2D eigenvalue weighted by Crippen LogP contribution is 2.27. The molecule has 0 bridgehead atoms. The van der Waals surface area contributed by atoms with Crippen LogP contribution >= 0.6 is 15.9 Å². The molecule has 112 valence electrons. The zero-order valence-electron chi connectivity index (χ0n) is 12.2. The quantitative estimate of drug-likeness (QED) is 0.879. The lowest BCUT2D eigenvalue weighted by molar-refractivity contribution is 0.411. The summed E-state index contributed by atoms with van der Waals surface area (Å²) in [6.45, 7) is 1.98. The Morgan fingerprint density at radius 1 is 1.14 bits per heavy atom. The first-order valence-electron chi connectivity index (χ1n) is 6.75. The minimum absolute atomic E-state index is 0.226. The van der Waals surface area contributed by atoms with Crippen molar-refractivity contribution in [2.75, 3.05) is 7.11 Å². The Kier molecular flexibility index (Phi) is 5.01. The van der Waals surface area contributed by atoms with Crippen LogP contribution in [0.4, 0.5) is 4.39 Å². The molecular weight excluding hydrogens is 333 g/mol. The van der Waals surface area contributed by atoms with Gasteiger partial charge in [-0.05, 0) is 71.1 Å². The van der Waals surface area contributed by atoms with Gasteiger partial charge in [0.1, 0.15) is 11.6 Å². The van der Waals surface area contributed by atoms with E-state index in [0.717, 1.165) is 21.3 Å². The van der Waals surface area contributed by atoms with Gasteiger partial charge in [-0.1, -0.05) is 18.2 Å². The molecule has 2 aromatic rings. The molecule has 2 N–H and O–H groups in total. The van der Waals surface area contributed by atoms with Crippen LogP contribution in [0.5, 0.6) is 5.75 Å². The lowest BCUT2D eigenvalue weighted by Crippen LogP contribution is -2.40. The molecule has 2 rings (SSSR count). The van der Waals surface area contributed by atoms with E-state index in [4.69, 9.17) is 10.5 Å². The van der Waals surface area contributed by atoms with Gasteiger partial charge in [0.2, 0.25) is 0 Å². The number of ether oxygens (including phenoxy) is 1. The Balaban J connectivity index is 2.11. The molecule has 4 heteroatoms. The number of benzene rings is 2. The molecule has 21 heavy (non-hydrogen) atoms. The predicted molar refractivity (Wildman–Crippen MR) is 87.1 cm³/mol. The summed E-state index contributed by atoms with van der Waals surface area (Å²) in [7, 11) is 1.64. The van der Waals surface area contributed by atoms with Crippen LogP contribution in [-0.4, -0.2) is 12.6 Å². The van der Waals surface area contributed by atoms with Crippen LogP contribution in [0.15, 0.2) is 46.9 Å². The van der Waals surface area contributed by atoms with Gasteiger partial charge in [-0.15, -0.1) is 0 Å². The number of methoxy groups -OCH3 is 1. The van der Waals surface area contributed by atoms with Crippen molar-refractivity contribution in [3.05, 3.63) is 63.9 Å². The van der Waals surface area contributed by atoms with E-state index in [0.29, 0.717) is 12.8 Å². The first-order valence-corrected chi connectivity index (χ1v) is 7.55. The van der Waals surface area contributed by atoms with E-state index >= 15 is 0 Å². The van der Waals surface area contributed by atoms with E-state index in [1.807, 2.05) is 31.2 Å². The fraction of sp³-hybridized carbons (Fsp3) is 0.294. The van der Waals surface area contributed by atoms with Gasteiger partial charge in [0.15, 0.2) is 0 Å². The summed E-state index contributed by atoms with van der Waals surface area (Å²) in [5.74, 6) is 0.568. The van der Waals surface area contributed by atoms with Crippen LogP contribution in [0, 0.1) is 5.82 Å². The van der Waals surface area contributed by atoms with E-state index in [1.165, 1.54) is 12.1 Å². The van der Waals surface area contributed by atoms with Gasteiger partial charge in [0, 0.05) is 5.54 Å². The largest absolute Gasteiger partial charge is 0.496 e. The van der Waals surface area contributed by atoms with Crippen LogP contribution in [0.3, 0.4) is 0 Å². The molecule has 1 unspecified atom stereocenters. The second-order valence-corrected chi connectivity index (χ2v) is 6.46. The number of hydrogen-bond donors (Lipinski definition) is 1. The van der Waals surface area contributed by atoms with Gasteiger partial charge in [0.25, 0.3) is 0 Å². The van der Waals surface area contributed by atoms with Gasteiger partial charge >= 0.3 is 0 Å². The first-order chi connectivity index (χ1) is 9.89. The monoisotopic (exact) mass is 351 g/mol. The second kappa shape index (κ2) is 6.58. The van der Waals surface area contributed by atoms with Gasteiger partial charge in [-0.25, -0.2) is 4.39 Å². The SMILES string of the molecule is COc1ccc(CC(C)(N)Cc2cccc(F)c2)cc1Br. The molecular formula is C17H19BrFNO. The van der Waals surface area contributed by atoms with Gasteiger partial charge in [-0.2, -0.15) is 0 Å². The van der Waals surface area contributed by atoms with Crippen molar-refractivity contribution in [1.29, 1.82) is 0 Å². The Morgan fingerprint density at radius 2 is 1.81 bits per heavy atom. The molecule has 0 heterocycles. The highest BCUT2D eigenvalue weighted by molar-refractivity contribution is 9.10. The number of rotatable bonds is 5. The van der Waals surface area contributed by atoms with Crippen LogP contribution < -0.4 is 10.5 Å². The Hall–Kier alpha value is -1.39. The Labute approximate surface area is 133 Å². The zero-order valence-corrected chi connectivity index (χ0v) is 13.8. The van der Waals surface area contributed by atoms with Crippen LogP contribution in [0.1, 0.15) is 18.1 Å². The lowest BCUT2D eigenvalue weighted by atomic mass is 9.87. The first kappa shape index (κ1) is 16.0. The van der Waals surface area contributed by atoms with Crippen molar-refractivity contribution in [3.8, 4) is 5.75 Å². The molecule has 0 saturated heterocycles. The zero-order chi connectivity index (χ0) is 15.5. The van der Waals surface area contributed by atoms with Gasteiger partial charge < -0.3 is 10.5 Å². The Morgan fingerprint density at radius 3 is 2.38 bits per heavy atom. The van der Waals surface area contributed by atoms with Gasteiger partial charge in [0.05, 0.1) is 11.6 Å². The minimum atomic E-state index is -0.443. The molecule has 0 aliphatic rings. The van der Waals surface area contributed by atoms with Crippen molar-refractivity contribution >= 4 is 15.9 Å². The third-order valence-corrected chi connectivity index (χ3v) is 3.94. The Bertz CT molecular complexity index is 628. The predicted octanol–water partition coefficient (Wildman–Crippen LogP) is 4.10. The van der Waals surface area contributed by atoms with Crippen LogP contribution in [0.25, 0.3) is 0 Å². The fourth-order valence-corrected chi connectivity index (χ4v) is 3.05. The topological polar surface area (TPSA) is 35.2 Å². The molecule has 0 aliphatic heterocycles. The number of hydrogen-bond acceptors (Lipinski definition) is 2. The maximum Gasteiger partial charge on any atom is 0.133 e. The maximum absolute atomic E-state index is 13.2. The molecule has 0 aliphatic carbocycles. The fourth-order valence-electron chi connectivity index (χ4n) is 2.46. The van der Waals surface area contributed by atoms with E-state index < -0.39 is 5.54 Å². The van der Waals surface area contributed by atoms with E-state index in [9.17, 15) is 4.39 Å². The van der Waals surface area contributed by atoms with Gasteiger partial charge in [-0.3, -0.25) is 0 Å². The molecule has 0 spiro atoms. The van der Waals surface area contributed by atoms with Crippen molar-refractivity contribution in [2.24, 2.45) is 5.73 Å². The standard InChI is InChI=1S/C17H19BrFNO/c1-17(20,10-12-4-3-5-14(19)8-12)11-13-6-7-16(21-2)15(18)9-13/h3-9H,10-11,20H2,1-2H3. The number of nitrogens with two attached hydrogens (primary N) is 1. The maximum atomic E-state index is 13.2. The summed E-state index contributed by atoms with van der Waals surface area (Å²) < 4.78 is 19.4. The van der Waals surface area contributed by atoms with Crippen LogP contribution in [0.2, 0.25) is 0 Å². The second-order valence-electron chi connectivity index (χ2n) is 5.61. The highest BCUT2D eigenvalue weighted by atomic mass is 79.9. The summed E-state index contributed by atoms with van der Waals surface area (Å²) in [6.07, 6.45) is 1.32. The molecule has 0 radical (unpaired) electrons. The highest BCUT2D eigenvalue weighted by Gasteiger charge is 2.20. The normalized spacial score (nSPS) is 13.8. The average Bonchev–Trinajstić information content (AvgIpc) is 2.37. The summed E-state index contributed by atoms with van der Waals surface area (Å²) in [4.78, 5) is 0. The minimum Gasteiger partial charge on any atom is -0.496 e. The number of halogens is 2. The molecule has 1 atom stereocenters. The summed E-state index contributed by atoms with van der Waals surface area (Å²) in [6, 6.07) is 12.5. The average molecular weight is 352 g/mol. The van der Waals surface area contributed by atoms with Crippen molar-refractivity contribution in [1.82, 2.24) is 0 Å². The molecule has 2 aromatic carbocycles. The van der Waals surface area contributed by atoms with E-state index in [-0.39, 0.29) is 5.82 Å². The third-order valence-electron chi connectivity index (χ3n) is 3.32. The molecule has 0 fully saturated rings. The summed E-state index contributed by atoms with van der Waals surface area (Å²) in [5, 5.41) is 0. The third kappa shape index (κ3) is 4.55. The van der Waals surface area contributed by atoms with E-state index in [1.54, 1.807) is 13.2 Å². The van der Waals surface area contributed by atoms with Crippen LogP contribution in [-0.2, 0) is 12.8 Å². The lowest BCUT2D eigenvalue weighted by Gasteiger charge is -2.25.